The molecule has 0 atom stereocenters. The van der Waals surface area contributed by atoms with Crippen molar-refractivity contribution >= 4 is 51.3 Å². The van der Waals surface area contributed by atoms with Gasteiger partial charge in [0, 0.05) is 5.39 Å². The van der Waals surface area contributed by atoms with Crippen LogP contribution in [0.5, 0.6) is 17.2 Å². The van der Waals surface area contributed by atoms with E-state index in [1.165, 1.54) is 10.9 Å². The molecule has 0 fully saturated rings. The third-order valence-corrected chi connectivity index (χ3v) is 7.12. The molecular weight excluding hydrogens is 565 g/mol. The minimum Gasteiger partial charge on any atom is -0.486 e. The summed E-state index contributed by atoms with van der Waals surface area (Å²) in [6.45, 7) is 0.421. The summed E-state index contributed by atoms with van der Waals surface area (Å²) in [4.78, 5) is 18.2. The lowest BCUT2D eigenvalue weighted by Gasteiger charge is -2.11. The SMILES string of the molecule is O=c1c2ccccc2nc(-c2cc3ccccc3o2)n1N=Cc1cc(Cl)c(OCc2ccc3c(c2)OCO3)c(Cl)c1. The Bertz CT molecular complexity index is 1990. The molecule has 0 radical (unpaired) electrons. The van der Waals surface area contributed by atoms with Crippen LogP contribution >= 0.6 is 23.2 Å². The van der Waals surface area contributed by atoms with Crippen LogP contribution in [-0.4, -0.2) is 22.7 Å². The number of rotatable bonds is 6. The predicted molar refractivity (Wildman–Crippen MR) is 158 cm³/mol. The normalized spacial score (nSPS) is 12.5. The van der Waals surface area contributed by atoms with Crippen molar-refractivity contribution < 1.29 is 18.6 Å². The fourth-order valence-electron chi connectivity index (χ4n) is 4.58. The first-order valence-electron chi connectivity index (χ1n) is 12.6. The fraction of sp³-hybridized carbons (Fsp3) is 0.0645. The van der Waals surface area contributed by atoms with Gasteiger partial charge >= 0.3 is 0 Å². The number of aromatic nitrogens is 2. The molecule has 0 N–H and O–H groups in total. The van der Waals surface area contributed by atoms with Crippen LogP contribution in [0.25, 0.3) is 33.5 Å². The van der Waals surface area contributed by atoms with Gasteiger partial charge in [-0.15, -0.1) is 0 Å². The summed E-state index contributed by atoms with van der Waals surface area (Å²) in [7, 11) is 0. The molecule has 0 bridgehead atoms. The average Bonchev–Trinajstić information content (AvgIpc) is 3.63. The third kappa shape index (κ3) is 4.77. The Labute approximate surface area is 242 Å². The molecule has 1 aliphatic heterocycles. The molecule has 0 aliphatic carbocycles. The molecule has 10 heteroatoms. The van der Waals surface area contributed by atoms with Crippen LogP contribution in [0, 0.1) is 0 Å². The minimum atomic E-state index is -0.344. The molecule has 7 rings (SSSR count). The van der Waals surface area contributed by atoms with E-state index in [-0.39, 0.29) is 24.8 Å². The monoisotopic (exact) mass is 583 g/mol. The zero-order valence-corrected chi connectivity index (χ0v) is 22.7. The quantitative estimate of drug-likeness (QED) is 0.191. The van der Waals surface area contributed by atoms with Gasteiger partial charge in [-0.1, -0.05) is 59.6 Å². The Morgan fingerprint density at radius 3 is 2.56 bits per heavy atom. The van der Waals surface area contributed by atoms with E-state index in [1.54, 1.807) is 30.3 Å². The summed E-state index contributed by atoms with van der Waals surface area (Å²) in [6.07, 6.45) is 1.49. The highest BCUT2D eigenvalue weighted by molar-refractivity contribution is 6.37. The number of halogens is 2. The topological polar surface area (TPSA) is 88.1 Å². The third-order valence-electron chi connectivity index (χ3n) is 6.56. The Hall–Kier alpha value is -4.79. The second kappa shape index (κ2) is 10.3. The first kappa shape index (κ1) is 25.2. The molecule has 6 aromatic rings. The lowest BCUT2D eigenvalue weighted by atomic mass is 10.2. The summed E-state index contributed by atoms with van der Waals surface area (Å²) in [5.41, 5.74) is 2.30. The highest BCUT2D eigenvalue weighted by atomic mass is 35.5. The van der Waals surface area contributed by atoms with E-state index in [0.29, 0.717) is 55.1 Å². The fourth-order valence-corrected chi connectivity index (χ4v) is 5.20. The zero-order valence-electron chi connectivity index (χ0n) is 21.2. The van der Waals surface area contributed by atoms with Crippen LogP contribution in [0.15, 0.2) is 99.2 Å². The highest BCUT2D eigenvalue weighted by Gasteiger charge is 2.17. The molecule has 202 valence electrons. The molecule has 2 aromatic heterocycles. The maximum absolute atomic E-state index is 13.5. The number of para-hydroxylation sites is 2. The van der Waals surface area contributed by atoms with Crippen LogP contribution in [0.1, 0.15) is 11.1 Å². The van der Waals surface area contributed by atoms with Crippen LogP contribution < -0.4 is 19.8 Å². The van der Waals surface area contributed by atoms with Crippen molar-refractivity contribution in [2.24, 2.45) is 5.10 Å². The van der Waals surface area contributed by atoms with Crippen molar-refractivity contribution in [2.45, 2.75) is 6.61 Å². The number of hydrogen-bond acceptors (Lipinski definition) is 7. The van der Waals surface area contributed by atoms with Gasteiger partial charge in [-0.25, -0.2) is 4.98 Å². The number of ether oxygens (including phenoxy) is 3. The highest BCUT2D eigenvalue weighted by Crippen LogP contribution is 2.36. The number of nitrogens with zero attached hydrogens (tertiary/aromatic N) is 3. The van der Waals surface area contributed by atoms with E-state index in [4.69, 9.17) is 46.8 Å². The molecule has 0 amide bonds. The van der Waals surface area contributed by atoms with Crippen molar-refractivity contribution in [3.8, 4) is 28.8 Å². The summed E-state index contributed by atoms with van der Waals surface area (Å²) in [5.74, 6) is 2.36. The van der Waals surface area contributed by atoms with E-state index < -0.39 is 0 Å². The van der Waals surface area contributed by atoms with Gasteiger partial charge in [-0.2, -0.15) is 9.78 Å². The molecule has 0 saturated heterocycles. The Kier molecular flexibility index (Phi) is 6.34. The average molecular weight is 584 g/mol. The molecule has 1 aliphatic rings. The Balaban J connectivity index is 1.22. The summed E-state index contributed by atoms with van der Waals surface area (Å²) in [6, 6.07) is 25.4. The lowest BCUT2D eigenvalue weighted by molar-refractivity contribution is 0.174. The molecule has 0 spiro atoms. The van der Waals surface area contributed by atoms with Crippen molar-refractivity contribution in [3.05, 3.63) is 116 Å². The van der Waals surface area contributed by atoms with E-state index in [0.717, 1.165) is 10.9 Å². The van der Waals surface area contributed by atoms with Crippen molar-refractivity contribution in [1.82, 2.24) is 9.66 Å². The lowest BCUT2D eigenvalue weighted by Crippen LogP contribution is -2.20. The first-order valence-corrected chi connectivity index (χ1v) is 13.3. The van der Waals surface area contributed by atoms with Gasteiger partial charge < -0.3 is 18.6 Å². The standard InChI is InChI=1S/C31H19Cl2N3O5/c32-22-11-19(12-23(33)29(22)38-16-18-9-10-26-27(13-18)40-17-39-26)15-34-36-30(28-14-20-5-1-4-8-25(20)41-28)35-24-7-3-2-6-21(24)31(36)37/h1-15H,16-17H2. The number of benzene rings is 4. The summed E-state index contributed by atoms with van der Waals surface area (Å²) >= 11 is 13.1. The van der Waals surface area contributed by atoms with Gasteiger partial charge in [0.25, 0.3) is 5.56 Å². The van der Waals surface area contributed by atoms with Gasteiger partial charge in [0.2, 0.25) is 12.6 Å². The van der Waals surface area contributed by atoms with Crippen molar-refractivity contribution in [2.75, 3.05) is 6.79 Å². The first-order chi connectivity index (χ1) is 20.0. The number of hydrogen-bond donors (Lipinski definition) is 0. The van der Waals surface area contributed by atoms with Gasteiger partial charge in [-0.05, 0) is 59.7 Å². The molecular formula is C31H19Cl2N3O5. The maximum atomic E-state index is 13.5. The Morgan fingerprint density at radius 1 is 0.927 bits per heavy atom. The largest absolute Gasteiger partial charge is 0.486 e. The molecule has 3 heterocycles. The van der Waals surface area contributed by atoms with E-state index in [2.05, 4.69) is 5.10 Å². The minimum absolute atomic E-state index is 0.196. The van der Waals surface area contributed by atoms with Crippen LogP contribution in [0.2, 0.25) is 10.0 Å². The van der Waals surface area contributed by atoms with E-state index in [9.17, 15) is 4.79 Å². The zero-order chi connectivity index (χ0) is 27.9. The van der Waals surface area contributed by atoms with E-state index in [1.807, 2.05) is 54.6 Å². The van der Waals surface area contributed by atoms with Crippen LogP contribution in [-0.2, 0) is 6.61 Å². The van der Waals surface area contributed by atoms with Gasteiger partial charge in [0.1, 0.15) is 12.2 Å². The molecule has 4 aromatic carbocycles. The second-order valence-electron chi connectivity index (χ2n) is 9.25. The number of fused-ring (bicyclic) bond motifs is 3. The summed E-state index contributed by atoms with van der Waals surface area (Å²) < 4.78 is 23.9. The van der Waals surface area contributed by atoms with Crippen molar-refractivity contribution in [1.29, 1.82) is 0 Å². The van der Waals surface area contributed by atoms with Crippen molar-refractivity contribution in [3.63, 3.8) is 0 Å². The van der Waals surface area contributed by atoms with E-state index >= 15 is 0 Å². The maximum Gasteiger partial charge on any atom is 0.282 e. The van der Waals surface area contributed by atoms with Gasteiger partial charge in [-0.3, -0.25) is 4.79 Å². The van der Waals surface area contributed by atoms with Crippen LogP contribution in [0.3, 0.4) is 0 Å². The predicted octanol–water partition coefficient (Wildman–Crippen LogP) is 7.31. The molecule has 8 nitrogen and oxygen atoms in total. The molecule has 41 heavy (non-hydrogen) atoms. The summed E-state index contributed by atoms with van der Waals surface area (Å²) in [5, 5.41) is 6.38. The molecule has 0 saturated carbocycles. The number of furan rings is 1. The second-order valence-corrected chi connectivity index (χ2v) is 10.1. The smallest absolute Gasteiger partial charge is 0.282 e. The van der Waals surface area contributed by atoms with Crippen LogP contribution in [0.4, 0.5) is 0 Å². The Morgan fingerprint density at radius 2 is 1.71 bits per heavy atom. The van der Waals surface area contributed by atoms with Gasteiger partial charge in [0.05, 0.1) is 27.2 Å². The molecule has 0 unspecified atom stereocenters. The van der Waals surface area contributed by atoms with Gasteiger partial charge in [0.15, 0.2) is 23.0 Å².